The van der Waals surface area contributed by atoms with E-state index in [4.69, 9.17) is 23.7 Å². The molecule has 65 heavy (non-hydrogen) atoms. The number of benzene rings is 2. The molecule has 0 aromatic heterocycles. The normalized spacial score (nSPS) is 30.9. The predicted octanol–water partition coefficient (Wildman–Crippen LogP) is 8.15. The zero-order valence-electron chi connectivity index (χ0n) is 39.0. The van der Waals surface area contributed by atoms with Gasteiger partial charge < -0.3 is 39.4 Å². The molecule has 0 spiro atoms. The van der Waals surface area contributed by atoms with Crippen LogP contribution in [0.5, 0.6) is 0 Å². The fourth-order valence-electron chi connectivity index (χ4n) is 11.2. The topological polar surface area (TPSA) is 162 Å². The number of fused-ring (bicyclic) bond motifs is 3. The van der Waals surface area contributed by atoms with E-state index in [-0.39, 0.29) is 55.8 Å². The summed E-state index contributed by atoms with van der Waals surface area (Å²) in [4.78, 5) is 53.3. The van der Waals surface area contributed by atoms with Gasteiger partial charge in [-0.3, -0.25) is 14.4 Å². The number of epoxide rings is 1. The van der Waals surface area contributed by atoms with Crippen molar-refractivity contribution >= 4 is 29.8 Å². The van der Waals surface area contributed by atoms with Gasteiger partial charge in [0.15, 0.2) is 5.79 Å². The second-order valence-electron chi connectivity index (χ2n) is 21.9. The number of esters is 2. The predicted molar refractivity (Wildman–Crippen MR) is 243 cm³/mol. The fourth-order valence-corrected chi connectivity index (χ4v) is 11.2. The molecule has 7 aliphatic rings. The van der Waals surface area contributed by atoms with E-state index in [1.54, 1.807) is 39.0 Å². The Hall–Kier alpha value is -4.36. The average Bonchev–Trinajstić information content (AvgIpc) is 4.18. The van der Waals surface area contributed by atoms with Gasteiger partial charge in [0.2, 0.25) is 5.91 Å². The molecule has 2 aromatic rings. The highest BCUT2D eigenvalue weighted by Gasteiger charge is 2.64. The van der Waals surface area contributed by atoms with Crippen molar-refractivity contribution in [1.29, 1.82) is 0 Å². The molecule has 3 N–H and O–H groups in total. The SMILES string of the molecule is CC(C)(C)OC(=O)CCC(CO)NC(=O)c1cccc(CNC(=O)C2=CC3OC(C4CC4)(C4CC4)OC3C(OC(=O)c3ccc(C=C4CCC5OC5(C)CCC5C4CC5(C)C)cc3)C2)c1. The van der Waals surface area contributed by atoms with Gasteiger partial charge in [-0.1, -0.05) is 49.8 Å². The lowest BCUT2D eigenvalue weighted by Crippen LogP contribution is -2.45. The summed E-state index contributed by atoms with van der Waals surface area (Å²) in [5.41, 5.74) is 4.23. The van der Waals surface area contributed by atoms with Crippen molar-refractivity contribution in [2.24, 2.45) is 29.1 Å². The molecule has 350 valence electrons. The van der Waals surface area contributed by atoms with Crippen LogP contribution >= 0.6 is 0 Å². The highest BCUT2D eigenvalue weighted by Crippen LogP contribution is 2.61. The maximum atomic E-state index is 14.0. The summed E-state index contributed by atoms with van der Waals surface area (Å²) >= 11 is 0. The first kappa shape index (κ1) is 45.8. The van der Waals surface area contributed by atoms with E-state index in [0.29, 0.717) is 45.6 Å². The Labute approximate surface area is 383 Å². The third kappa shape index (κ3) is 10.2. The Balaban J connectivity index is 0.851. The minimum atomic E-state index is -0.741. The molecule has 0 radical (unpaired) electrons. The first-order valence-corrected chi connectivity index (χ1v) is 24.2. The van der Waals surface area contributed by atoms with Gasteiger partial charge in [0.25, 0.3) is 5.91 Å². The smallest absolute Gasteiger partial charge is 0.338 e. The van der Waals surface area contributed by atoms with Crippen molar-refractivity contribution in [3.8, 4) is 0 Å². The van der Waals surface area contributed by atoms with Crippen LogP contribution in [0.3, 0.4) is 0 Å². The Morgan fingerprint density at radius 1 is 0.908 bits per heavy atom. The molecular weight excluding hydrogens is 825 g/mol. The number of hydrogen-bond donors (Lipinski definition) is 3. The van der Waals surface area contributed by atoms with Crippen molar-refractivity contribution in [2.75, 3.05) is 6.61 Å². The zero-order chi connectivity index (χ0) is 45.9. The lowest BCUT2D eigenvalue weighted by atomic mass is 9.52. The number of carbonyl (C=O) groups is 4. The molecule has 8 atom stereocenters. The van der Waals surface area contributed by atoms with Crippen LogP contribution in [-0.2, 0) is 39.8 Å². The van der Waals surface area contributed by atoms with Gasteiger partial charge in [0.1, 0.15) is 23.9 Å². The minimum Gasteiger partial charge on any atom is -0.460 e. The van der Waals surface area contributed by atoms with Gasteiger partial charge in [-0.05, 0) is 151 Å². The Morgan fingerprint density at radius 2 is 1.65 bits per heavy atom. The van der Waals surface area contributed by atoms with Crippen LogP contribution in [0.4, 0.5) is 0 Å². The van der Waals surface area contributed by atoms with Crippen LogP contribution in [0.25, 0.3) is 6.08 Å². The highest BCUT2D eigenvalue weighted by molar-refractivity contribution is 5.95. The number of nitrogens with one attached hydrogen (secondary N) is 2. The first-order chi connectivity index (χ1) is 30.9. The molecule has 2 aliphatic heterocycles. The van der Waals surface area contributed by atoms with E-state index < -0.39 is 53.6 Å². The van der Waals surface area contributed by atoms with Gasteiger partial charge in [0.05, 0.1) is 29.9 Å². The molecule has 4 saturated carbocycles. The van der Waals surface area contributed by atoms with E-state index in [0.717, 1.165) is 50.5 Å². The summed E-state index contributed by atoms with van der Waals surface area (Å²) < 4.78 is 31.5. The number of amides is 2. The Morgan fingerprint density at radius 3 is 2.32 bits per heavy atom. The van der Waals surface area contributed by atoms with Crippen LogP contribution in [0.1, 0.15) is 150 Å². The molecule has 2 saturated heterocycles. The van der Waals surface area contributed by atoms with Crippen LogP contribution in [-0.4, -0.2) is 82.9 Å². The largest absolute Gasteiger partial charge is 0.460 e. The molecular formula is C53H68N2O10. The van der Waals surface area contributed by atoms with Crippen molar-refractivity contribution in [2.45, 2.75) is 173 Å². The Bertz CT molecular complexity index is 2200. The number of carbonyl (C=O) groups excluding carboxylic acids is 4. The molecule has 8 unspecified atom stereocenters. The zero-order valence-corrected chi connectivity index (χ0v) is 39.0. The van der Waals surface area contributed by atoms with Crippen molar-refractivity contribution in [3.63, 3.8) is 0 Å². The highest BCUT2D eigenvalue weighted by atomic mass is 16.8. The van der Waals surface area contributed by atoms with E-state index in [1.807, 2.05) is 36.4 Å². The van der Waals surface area contributed by atoms with Crippen LogP contribution < -0.4 is 10.6 Å². The molecule has 12 nitrogen and oxygen atoms in total. The van der Waals surface area contributed by atoms with Crippen molar-refractivity contribution in [1.82, 2.24) is 10.6 Å². The standard InChI is InChI=1S/C53H68N2O10/c1-50(2,3)64-45(57)21-19-39(30-56)55-48(59)35-9-7-8-32(25-35)29-54-47(58)36-26-42(46-43(27-36)62-53(65-46,37-15-16-37)38-17-18-38)61-49(60)33-12-10-31(11-13-33)24-34-14-20-44-52(6,63-44)23-22-41-40(34)28-51(41,4)5/h7-13,24-25,27,37-44,46,56H,14-23,26,28-30H2,1-6H3,(H,54,58)(H,55,59). The second kappa shape index (κ2) is 17.7. The second-order valence-corrected chi connectivity index (χ2v) is 21.9. The number of hydrogen-bond acceptors (Lipinski definition) is 10. The average molecular weight is 893 g/mol. The summed E-state index contributed by atoms with van der Waals surface area (Å²) in [6.45, 7) is 12.2. The number of aliphatic hydroxyl groups excluding tert-OH is 1. The minimum absolute atomic E-state index is 0.0360. The van der Waals surface area contributed by atoms with Crippen molar-refractivity contribution < 1.29 is 48.0 Å². The number of rotatable bonds is 14. The van der Waals surface area contributed by atoms with E-state index in [2.05, 4.69) is 37.5 Å². The summed E-state index contributed by atoms with van der Waals surface area (Å²) in [5.74, 6) is -0.527. The van der Waals surface area contributed by atoms with Gasteiger partial charge in [0, 0.05) is 42.4 Å². The first-order valence-electron chi connectivity index (χ1n) is 24.2. The lowest BCUT2D eigenvalue weighted by Gasteiger charge is -2.53. The monoisotopic (exact) mass is 892 g/mol. The molecule has 12 heteroatoms. The number of ether oxygens (including phenoxy) is 5. The Kier molecular flexibility index (Phi) is 12.5. The summed E-state index contributed by atoms with van der Waals surface area (Å²) in [5, 5.41) is 15.7. The summed E-state index contributed by atoms with van der Waals surface area (Å²) in [6, 6.07) is 13.9. The van der Waals surface area contributed by atoms with Gasteiger partial charge in [-0.25, -0.2) is 4.79 Å². The molecule has 5 aliphatic carbocycles. The van der Waals surface area contributed by atoms with Crippen LogP contribution in [0.15, 0.2) is 65.8 Å². The van der Waals surface area contributed by atoms with Crippen molar-refractivity contribution in [3.05, 3.63) is 88.0 Å². The maximum Gasteiger partial charge on any atom is 0.338 e. The third-order valence-corrected chi connectivity index (χ3v) is 15.2. The number of allylic oxidation sites excluding steroid dienone is 1. The number of aliphatic hydroxyl groups is 1. The molecule has 6 fully saturated rings. The van der Waals surface area contributed by atoms with E-state index in [9.17, 15) is 24.3 Å². The van der Waals surface area contributed by atoms with E-state index >= 15 is 0 Å². The third-order valence-electron chi connectivity index (χ3n) is 15.2. The van der Waals surface area contributed by atoms with Gasteiger partial charge in [-0.15, -0.1) is 0 Å². The maximum absolute atomic E-state index is 14.0. The lowest BCUT2D eigenvalue weighted by molar-refractivity contribution is -0.209. The molecule has 0 bridgehead atoms. The summed E-state index contributed by atoms with van der Waals surface area (Å²) in [6.07, 6.45) is 12.8. The van der Waals surface area contributed by atoms with Crippen LogP contribution in [0, 0.1) is 29.1 Å². The summed E-state index contributed by atoms with van der Waals surface area (Å²) in [7, 11) is 0. The quantitative estimate of drug-likeness (QED) is 0.125. The molecule has 2 heterocycles. The fraction of sp³-hybridized carbons (Fsp3) is 0.623. The molecule has 9 rings (SSSR count). The molecule has 2 amide bonds. The van der Waals surface area contributed by atoms with Crippen LogP contribution in [0.2, 0.25) is 0 Å². The van der Waals surface area contributed by atoms with E-state index in [1.165, 1.54) is 18.4 Å². The molecule has 2 aromatic carbocycles. The van der Waals surface area contributed by atoms with Gasteiger partial charge in [-0.2, -0.15) is 0 Å². The van der Waals surface area contributed by atoms with Gasteiger partial charge >= 0.3 is 11.9 Å².